The van der Waals surface area contributed by atoms with Gasteiger partial charge in [-0.05, 0) is 129 Å². The second kappa shape index (κ2) is 19.3. The zero-order valence-corrected chi connectivity index (χ0v) is 34.5. The number of unbranched alkanes of at least 4 members (excludes halogenated alkanes) is 2. The van der Waals surface area contributed by atoms with Crippen LogP contribution in [0.2, 0.25) is 0 Å². The van der Waals surface area contributed by atoms with Crippen molar-refractivity contribution in [3.8, 4) is 17.2 Å². The molecule has 0 saturated heterocycles. The van der Waals surface area contributed by atoms with Gasteiger partial charge in [-0.25, -0.2) is 4.39 Å². The van der Waals surface area contributed by atoms with Gasteiger partial charge in [0.05, 0.1) is 18.2 Å². The van der Waals surface area contributed by atoms with Gasteiger partial charge in [0.25, 0.3) is 0 Å². The standard InChI is InChI=1S/C47H57FN2O7S/c1-4-26-54-47-43(50(46(53)32-14-15-32)30-31-12-16-34(48)17-13-31)29-41(49-55-5-2)39-27-33(10-6-8-24-51)38(11-7-9-25-52)44(45(39)47)40-28-36(20-23-42(40)57-47)56-35-18-21-37(58-3)22-19-35/h4,12-13,16-23,27-28,32-33,38,43-45,51-52H,1,5-11,14-15,24-26,29-30H2,2-3H3/t33-,38+,43-,44+,45+,47+/m0/s1. The molecule has 2 N–H and O–H groups in total. The molecule has 1 heterocycles. The molecule has 1 amide bonds. The molecule has 310 valence electrons. The van der Waals surface area contributed by atoms with Crippen molar-refractivity contribution < 1.29 is 38.4 Å². The third kappa shape index (κ3) is 9.03. The van der Waals surface area contributed by atoms with E-state index >= 15 is 0 Å². The van der Waals surface area contributed by atoms with E-state index in [-0.39, 0.29) is 61.8 Å². The number of thioether (sulfide) groups is 1. The lowest BCUT2D eigenvalue weighted by atomic mass is 9.55. The van der Waals surface area contributed by atoms with Crippen LogP contribution in [0.1, 0.15) is 81.8 Å². The number of aliphatic hydroxyl groups excluding tert-OH is 2. The molecule has 1 aliphatic heterocycles. The minimum absolute atomic E-state index is 0.0125. The number of fused-ring (bicyclic) bond motifs is 2. The molecule has 0 radical (unpaired) electrons. The first-order valence-corrected chi connectivity index (χ1v) is 22.1. The Labute approximate surface area is 346 Å². The first-order chi connectivity index (χ1) is 28.3. The normalized spacial score (nSPS) is 25.2. The molecule has 3 aromatic rings. The Balaban J connectivity index is 1.43. The van der Waals surface area contributed by atoms with Crippen molar-refractivity contribution in [1.29, 1.82) is 0 Å². The second-order valence-corrected chi connectivity index (χ2v) is 16.7. The lowest BCUT2D eigenvalue weighted by molar-refractivity contribution is -0.258. The number of allylic oxidation sites excluding steroid dienone is 1. The molecular weight excluding hydrogens is 756 g/mol. The van der Waals surface area contributed by atoms with Crippen molar-refractivity contribution in [2.75, 3.05) is 32.7 Å². The Bertz CT molecular complexity index is 1930. The summed E-state index contributed by atoms with van der Waals surface area (Å²) in [7, 11) is 0. The number of rotatable bonds is 20. The predicted octanol–water partition coefficient (Wildman–Crippen LogP) is 9.43. The number of amides is 1. The molecule has 11 heteroatoms. The summed E-state index contributed by atoms with van der Waals surface area (Å²) in [5.74, 6) is -0.154. The number of halogens is 1. The topological polar surface area (TPSA) is 110 Å². The minimum atomic E-state index is -1.37. The van der Waals surface area contributed by atoms with Crippen molar-refractivity contribution in [3.63, 3.8) is 0 Å². The van der Waals surface area contributed by atoms with Gasteiger partial charge in [0.15, 0.2) is 0 Å². The monoisotopic (exact) mass is 812 g/mol. The van der Waals surface area contributed by atoms with Crippen LogP contribution in [0.3, 0.4) is 0 Å². The molecule has 0 spiro atoms. The molecule has 3 aromatic carbocycles. The fourth-order valence-electron chi connectivity index (χ4n) is 9.33. The largest absolute Gasteiger partial charge is 0.459 e. The molecule has 6 atom stereocenters. The molecule has 7 rings (SSSR count). The number of hydrogen-bond donors (Lipinski definition) is 2. The first kappa shape index (κ1) is 42.0. The van der Waals surface area contributed by atoms with Crippen molar-refractivity contribution >= 4 is 23.4 Å². The fraction of sp³-hybridized carbons (Fsp3) is 0.489. The average Bonchev–Trinajstić information content (AvgIpc) is 4.10. The Kier molecular flexibility index (Phi) is 13.9. The number of hydrogen-bond acceptors (Lipinski definition) is 9. The molecule has 0 aromatic heterocycles. The molecule has 9 nitrogen and oxygen atoms in total. The number of nitrogens with zero attached hydrogens (tertiary/aromatic N) is 2. The van der Waals surface area contributed by atoms with Crippen LogP contribution in [0, 0.1) is 29.5 Å². The molecule has 0 unspecified atom stereocenters. The highest BCUT2D eigenvalue weighted by atomic mass is 32.2. The Morgan fingerprint density at radius 3 is 2.41 bits per heavy atom. The number of carbonyl (C=O) groups is 1. The highest BCUT2D eigenvalue weighted by molar-refractivity contribution is 7.98. The van der Waals surface area contributed by atoms with E-state index in [2.05, 4.69) is 18.7 Å². The van der Waals surface area contributed by atoms with E-state index in [9.17, 15) is 19.4 Å². The highest BCUT2D eigenvalue weighted by Gasteiger charge is 2.66. The predicted molar refractivity (Wildman–Crippen MR) is 225 cm³/mol. The van der Waals surface area contributed by atoms with Gasteiger partial charge in [0.2, 0.25) is 11.7 Å². The number of carbonyl (C=O) groups excluding carboxylic acids is 1. The summed E-state index contributed by atoms with van der Waals surface area (Å²) in [6.45, 7) is 6.94. The van der Waals surface area contributed by atoms with Crippen LogP contribution >= 0.6 is 11.8 Å². The zero-order chi connectivity index (χ0) is 40.6. The number of oxime groups is 1. The highest BCUT2D eigenvalue weighted by Crippen LogP contribution is 2.62. The summed E-state index contributed by atoms with van der Waals surface area (Å²) in [5.41, 5.74) is 3.52. The van der Waals surface area contributed by atoms with Gasteiger partial charge in [0.1, 0.15) is 35.7 Å². The van der Waals surface area contributed by atoms with Gasteiger partial charge in [-0.15, -0.1) is 18.3 Å². The van der Waals surface area contributed by atoms with Crippen molar-refractivity contribution in [2.24, 2.45) is 28.8 Å². The van der Waals surface area contributed by atoms with E-state index in [0.29, 0.717) is 37.4 Å². The number of benzene rings is 3. The maximum absolute atomic E-state index is 14.6. The van der Waals surface area contributed by atoms with Gasteiger partial charge >= 0.3 is 0 Å². The number of aliphatic hydroxyl groups is 2. The van der Waals surface area contributed by atoms with Crippen LogP contribution in [0.25, 0.3) is 0 Å². The molecule has 4 aliphatic rings. The summed E-state index contributed by atoms with van der Waals surface area (Å²) >= 11 is 1.67. The van der Waals surface area contributed by atoms with Crippen LogP contribution < -0.4 is 9.47 Å². The van der Waals surface area contributed by atoms with E-state index in [1.807, 2.05) is 54.5 Å². The third-order valence-corrected chi connectivity index (χ3v) is 12.8. The van der Waals surface area contributed by atoms with E-state index in [1.165, 1.54) is 12.1 Å². The van der Waals surface area contributed by atoms with Crippen molar-refractivity contribution in [1.82, 2.24) is 4.90 Å². The third-order valence-electron chi connectivity index (χ3n) is 12.1. The first-order valence-electron chi connectivity index (χ1n) is 20.9. The van der Waals surface area contributed by atoms with Crippen molar-refractivity contribution in [3.05, 3.63) is 108 Å². The Hall–Kier alpha value is -4.16. The lowest BCUT2D eigenvalue weighted by Crippen LogP contribution is -2.70. The summed E-state index contributed by atoms with van der Waals surface area (Å²) in [6, 6.07) is 19.7. The fourth-order valence-corrected chi connectivity index (χ4v) is 9.74. The zero-order valence-electron chi connectivity index (χ0n) is 33.7. The molecule has 2 fully saturated rings. The number of ether oxygens (including phenoxy) is 3. The molecule has 0 bridgehead atoms. The smallest absolute Gasteiger partial charge is 0.239 e. The van der Waals surface area contributed by atoms with E-state index in [4.69, 9.17) is 24.2 Å². The van der Waals surface area contributed by atoms with Gasteiger partial charge in [-0.1, -0.05) is 42.3 Å². The SMILES string of the molecule is C=CCO[C@@]12Oc3ccc(Oc4ccc(SC)cc4)cc3[C@H]3[C@H](CCCCO)[C@@H](CCCCO)C=C(C(=NOCC)C[C@@H]1N(Cc1ccc(F)cc1)C(=O)C1CC1)[C@H]32. The maximum Gasteiger partial charge on any atom is 0.239 e. The molecule has 58 heavy (non-hydrogen) atoms. The minimum Gasteiger partial charge on any atom is -0.459 e. The quantitative estimate of drug-likeness (QED) is 0.0503. The average molecular weight is 813 g/mol. The van der Waals surface area contributed by atoms with Crippen LogP contribution in [-0.2, 0) is 20.9 Å². The van der Waals surface area contributed by atoms with Gasteiger partial charge in [0, 0.05) is 48.5 Å². The van der Waals surface area contributed by atoms with Gasteiger partial charge < -0.3 is 34.2 Å². The van der Waals surface area contributed by atoms with Crippen molar-refractivity contribution in [2.45, 2.75) is 93.9 Å². The summed E-state index contributed by atoms with van der Waals surface area (Å²) in [5, 5.41) is 24.6. The Morgan fingerprint density at radius 2 is 1.74 bits per heavy atom. The van der Waals surface area contributed by atoms with Gasteiger partial charge in [-0.3, -0.25) is 4.79 Å². The Morgan fingerprint density at radius 1 is 1.02 bits per heavy atom. The summed E-state index contributed by atoms with van der Waals surface area (Å²) in [4.78, 5) is 23.6. The van der Waals surface area contributed by atoms with E-state index in [1.54, 1.807) is 30.0 Å². The molecular formula is C47H57FN2O7S. The van der Waals surface area contributed by atoms with Gasteiger partial charge in [-0.2, -0.15) is 0 Å². The van der Waals surface area contributed by atoms with E-state index in [0.717, 1.165) is 71.6 Å². The molecule has 2 saturated carbocycles. The summed E-state index contributed by atoms with van der Waals surface area (Å²) < 4.78 is 35.2. The lowest BCUT2D eigenvalue weighted by Gasteiger charge is -2.60. The molecule has 3 aliphatic carbocycles. The maximum atomic E-state index is 14.6. The van der Waals surface area contributed by atoms with Crippen LogP contribution in [0.4, 0.5) is 4.39 Å². The van der Waals surface area contributed by atoms with E-state index < -0.39 is 17.7 Å². The summed E-state index contributed by atoms with van der Waals surface area (Å²) in [6.07, 6.45) is 12.7. The second-order valence-electron chi connectivity index (χ2n) is 15.8. The van der Waals surface area contributed by atoms with Crippen LogP contribution in [-0.4, -0.2) is 71.2 Å². The van der Waals surface area contributed by atoms with Crippen LogP contribution in [0.5, 0.6) is 17.2 Å². The van der Waals surface area contributed by atoms with Crippen LogP contribution in [0.15, 0.2) is 101 Å².